The highest BCUT2D eigenvalue weighted by molar-refractivity contribution is 7.84. The molecule has 1 aromatic rings. The molecule has 0 spiro atoms. The highest BCUT2D eigenvalue weighted by Crippen LogP contribution is 2.18. The van der Waals surface area contributed by atoms with Crippen molar-refractivity contribution in [3.8, 4) is 17.6 Å². The van der Waals surface area contributed by atoms with E-state index in [4.69, 9.17) is 9.84 Å². The van der Waals surface area contributed by atoms with Gasteiger partial charge in [0.1, 0.15) is 12.4 Å². The standard InChI is InChI=1S/C14H17NO4S/c1-19-13-6-5-12(10-11(13)4-3-8-16)14(17)15-7-9-20(2)18/h5-6,10,16H,7-9H2,1-2H3,(H,15,17). The van der Waals surface area contributed by atoms with E-state index in [9.17, 15) is 9.00 Å². The lowest BCUT2D eigenvalue weighted by atomic mass is 10.1. The molecule has 0 saturated carbocycles. The average Bonchev–Trinajstić information content (AvgIpc) is 2.44. The van der Waals surface area contributed by atoms with Crippen LogP contribution in [-0.2, 0) is 10.8 Å². The van der Waals surface area contributed by atoms with E-state index in [2.05, 4.69) is 17.2 Å². The molecular weight excluding hydrogens is 278 g/mol. The summed E-state index contributed by atoms with van der Waals surface area (Å²) >= 11 is 0. The number of methoxy groups -OCH3 is 1. The van der Waals surface area contributed by atoms with Crippen molar-refractivity contribution in [2.45, 2.75) is 0 Å². The first kappa shape index (κ1) is 16.2. The van der Waals surface area contributed by atoms with E-state index in [0.717, 1.165) is 0 Å². The molecule has 0 aromatic heterocycles. The fraction of sp³-hybridized carbons (Fsp3) is 0.357. The number of rotatable bonds is 5. The Kier molecular flexibility index (Phi) is 6.77. The van der Waals surface area contributed by atoms with E-state index in [1.807, 2.05) is 0 Å². The van der Waals surface area contributed by atoms with Gasteiger partial charge in [-0.25, -0.2) is 0 Å². The van der Waals surface area contributed by atoms with Crippen LogP contribution in [0, 0.1) is 11.8 Å². The zero-order valence-corrected chi connectivity index (χ0v) is 12.3. The number of amides is 1. The molecule has 1 atom stereocenters. The van der Waals surface area contributed by atoms with Gasteiger partial charge in [-0.05, 0) is 18.2 Å². The highest BCUT2D eigenvalue weighted by atomic mass is 32.2. The third-order valence-electron chi connectivity index (χ3n) is 2.44. The van der Waals surface area contributed by atoms with Crippen LogP contribution in [0.2, 0.25) is 0 Å². The average molecular weight is 295 g/mol. The Morgan fingerprint density at radius 3 is 2.85 bits per heavy atom. The zero-order chi connectivity index (χ0) is 15.0. The Bertz CT molecular complexity index is 560. The van der Waals surface area contributed by atoms with Crippen molar-refractivity contribution in [2.75, 3.05) is 32.3 Å². The second kappa shape index (κ2) is 8.35. The Balaban J connectivity index is 2.85. The molecule has 0 aliphatic rings. The van der Waals surface area contributed by atoms with Crippen LogP contribution in [0.5, 0.6) is 5.75 Å². The van der Waals surface area contributed by atoms with Gasteiger partial charge in [0.2, 0.25) is 0 Å². The molecule has 1 unspecified atom stereocenters. The van der Waals surface area contributed by atoms with E-state index in [0.29, 0.717) is 29.2 Å². The molecule has 6 heteroatoms. The topological polar surface area (TPSA) is 75.6 Å². The van der Waals surface area contributed by atoms with Crippen LogP contribution >= 0.6 is 0 Å². The Labute approximate surface area is 120 Å². The van der Waals surface area contributed by atoms with E-state index in [1.165, 1.54) is 7.11 Å². The molecule has 0 heterocycles. The molecular formula is C14H17NO4S. The minimum atomic E-state index is -0.937. The van der Waals surface area contributed by atoms with Crippen molar-refractivity contribution in [2.24, 2.45) is 0 Å². The smallest absolute Gasteiger partial charge is 0.251 e. The summed E-state index contributed by atoms with van der Waals surface area (Å²) in [7, 11) is 0.573. The fourth-order valence-corrected chi connectivity index (χ4v) is 1.88. The molecule has 0 saturated heterocycles. The predicted octanol–water partition coefficient (Wildman–Crippen LogP) is 0.147. The van der Waals surface area contributed by atoms with E-state index >= 15 is 0 Å². The number of nitrogens with one attached hydrogen (secondary N) is 1. The summed E-state index contributed by atoms with van der Waals surface area (Å²) in [6.45, 7) is 0.0908. The number of benzene rings is 1. The molecule has 2 N–H and O–H groups in total. The fourth-order valence-electron chi connectivity index (χ4n) is 1.49. The van der Waals surface area contributed by atoms with Gasteiger partial charge in [0.05, 0.1) is 12.7 Å². The maximum atomic E-state index is 11.9. The number of aliphatic hydroxyl groups excluding tert-OH is 1. The molecule has 0 aliphatic heterocycles. The van der Waals surface area contributed by atoms with Gasteiger partial charge in [-0.2, -0.15) is 0 Å². The lowest BCUT2D eigenvalue weighted by Crippen LogP contribution is -2.27. The van der Waals surface area contributed by atoms with Gasteiger partial charge in [-0.3, -0.25) is 9.00 Å². The monoisotopic (exact) mass is 295 g/mol. The van der Waals surface area contributed by atoms with Crippen molar-refractivity contribution in [1.29, 1.82) is 0 Å². The van der Waals surface area contributed by atoms with Crippen LogP contribution in [0.3, 0.4) is 0 Å². The normalized spacial score (nSPS) is 11.2. The molecule has 108 valence electrons. The number of ether oxygens (including phenoxy) is 1. The Morgan fingerprint density at radius 2 is 2.25 bits per heavy atom. The first-order chi connectivity index (χ1) is 9.58. The largest absolute Gasteiger partial charge is 0.495 e. The summed E-state index contributed by atoms with van der Waals surface area (Å²) < 4.78 is 16.1. The van der Waals surface area contributed by atoms with Crippen LogP contribution < -0.4 is 10.1 Å². The lowest BCUT2D eigenvalue weighted by Gasteiger charge is -2.07. The van der Waals surface area contributed by atoms with E-state index in [-0.39, 0.29) is 12.5 Å². The summed E-state index contributed by atoms with van der Waals surface area (Å²) in [6.07, 6.45) is 1.59. The number of hydrogen-bond donors (Lipinski definition) is 2. The maximum Gasteiger partial charge on any atom is 0.251 e. The third kappa shape index (κ3) is 5.03. The SMILES string of the molecule is COc1ccc(C(=O)NCCS(C)=O)cc1C#CCO. The second-order valence-corrected chi connectivity index (χ2v) is 5.46. The molecule has 1 rings (SSSR count). The van der Waals surface area contributed by atoms with Gasteiger partial charge in [0.15, 0.2) is 0 Å². The minimum absolute atomic E-state index is 0.259. The number of aliphatic hydroxyl groups is 1. The molecule has 1 amide bonds. The molecule has 0 aliphatic carbocycles. The van der Waals surface area contributed by atoms with E-state index in [1.54, 1.807) is 24.5 Å². The van der Waals surface area contributed by atoms with E-state index < -0.39 is 10.8 Å². The number of carbonyl (C=O) groups is 1. The summed E-state index contributed by atoms with van der Waals surface area (Å²) in [5.74, 6) is 5.94. The Morgan fingerprint density at radius 1 is 1.50 bits per heavy atom. The number of carbonyl (C=O) groups excluding carboxylic acids is 1. The van der Waals surface area contributed by atoms with Crippen LogP contribution in [0.4, 0.5) is 0 Å². The van der Waals surface area contributed by atoms with Crippen LogP contribution in [0.25, 0.3) is 0 Å². The van der Waals surface area contributed by atoms with Crippen molar-refractivity contribution >= 4 is 16.7 Å². The summed E-state index contributed by atoms with van der Waals surface area (Å²) in [6, 6.07) is 4.87. The molecule has 20 heavy (non-hydrogen) atoms. The van der Waals surface area contributed by atoms with Crippen molar-refractivity contribution < 1.29 is 18.8 Å². The quantitative estimate of drug-likeness (QED) is 0.758. The minimum Gasteiger partial charge on any atom is -0.495 e. The summed E-state index contributed by atoms with van der Waals surface area (Å²) in [5.41, 5.74) is 0.975. The van der Waals surface area contributed by atoms with Crippen LogP contribution in [-0.4, -0.2) is 47.5 Å². The predicted molar refractivity (Wildman–Crippen MR) is 78.2 cm³/mol. The number of hydrogen-bond acceptors (Lipinski definition) is 4. The summed E-state index contributed by atoms with van der Waals surface area (Å²) in [4.78, 5) is 11.9. The maximum absolute atomic E-state index is 11.9. The Hall–Kier alpha value is -1.84. The molecule has 0 bridgehead atoms. The molecule has 5 nitrogen and oxygen atoms in total. The van der Waals surface area contributed by atoms with Gasteiger partial charge < -0.3 is 15.2 Å². The highest BCUT2D eigenvalue weighted by Gasteiger charge is 2.09. The van der Waals surface area contributed by atoms with Crippen molar-refractivity contribution in [1.82, 2.24) is 5.32 Å². The first-order valence-electron chi connectivity index (χ1n) is 5.94. The molecule has 0 radical (unpaired) electrons. The van der Waals surface area contributed by atoms with Crippen LogP contribution in [0.15, 0.2) is 18.2 Å². The lowest BCUT2D eigenvalue weighted by molar-refractivity contribution is 0.0956. The molecule has 0 fully saturated rings. The van der Waals surface area contributed by atoms with Crippen LogP contribution in [0.1, 0.15) is 15.9 Å². The van der Waals surface area contributed by atoms with Crippen molar-refractivity contribution in [3.63, 3.8) is 0 Å². The first-order valence-corrected chi connectivity index (χ1v) is 7.67. The van der Waals surface area contributed by atoms with Gasteiger partial charge in [-0.15, -0.1) is 0 Å². The van der Waals surface area contributed by atoms with Gasteiger partial charge in [-0.1, -0.05) is 11.8 Å². The summed E-state index contributed by atoms with van der Waals surface area (Å²) in [5, 5.41) is 11.4. The second-order valence-electron chi connectivity index (χ2n) is 3.91. The third-order valence-corrected chi connectivity index (χ3v) is 3.22. The molecule has 1 aromatic carbocycles. The van der Waals surface area contributed by atoms with Gasteiger partial charge in [0, 0.05) is 34.9 Å². The zero-order valence-electron chi connectivity index (χ0n) is 11.4. The van der Waals surface area contributed by atoms with Gasteiger partial charge in [0.25, 0.3) is 5.91 Å². The van der Waals surface area contributed by atoms with Gasteiger partial charge >= 0.3 is 0 Å². The van der Waals surface area contributed by atoms with Crippen molar-refractivity contribution in [3.05, 3.63) is 29.3 Å².